The SMILES string of the molecule is O=C(Nc1ccc(C#CCCO)c(F)c1)c1ccoc1. The van der Waals surface area contributed by atoms with Gasteiger partial charge in [0.1, 0.15) is 12.1 Å². The van der Waals surface area contributed by atoms with Crippen molar-refractivity contribution >= 4 is 11.6 Å². The van der Waals surface area contributed by atoms with E-state index in [1.807, 2.05) is 0 Å². The lowest BCUT2D eigenvalue weighted by Gasteiger charge is -2.04. The normalized spacial score (nSPS) is 9.70. The van der Waals surface area contributed by atoms with Crippen molar-refractivity contribution in [2.24, 2.45) is 0 Å². The summed E-state index contributed by atoms with van der Waals surface area (Å²) in [5.74, 6) is 4.34. The van der Waals surface area contributed by atoms with Gasteiger partial charge in [-0.3, -0.25) is 4.79 Å². The zero-order valence-corrected chi connectivity index (χ0v) is 10.5. The fourth-order valence-electron chi connectivity index (χ4n) is 1.50. The number of hydrogen-bond acceptors (Lipinski definition) is 3. The van der Waals surface area contributed by atoms with E-state index < -0.39 is 5.82 Å². The Morgan fingerprint density at radius 1 is 1.40 bits per heavy atom. The number of benzene rings is 1. The Hall–Kier alpha value is -2.58. The van der Waals surface area contributed by atoms with Crippen molar-refractivity contribution in [1.29, 1.82) is 0 Å². The van der Waals surface area contributed by atoms with Crippen molar-refractivity contribution in [3.63, 3.8) is 0 Å². The van der Waals surface area contributed by atoms with Gasteiger partial charge in [-0.2, -0.15) is 0 Å². The molecule has 102 valence electrons. The van der Waals surface area contributed by atoms with Crippen molar-refractivity contribution in [3.8, 4) is 11.8 Å². The van der Waals surface area contributed by atoms with E-state index in [2.05, 4.69) is 17.2 Å². The predicted molar refractivity (Wildman–Crippen MR) is 71.6 cm³/mol. The first-order valence-electron chi connectivity index (χ1n) is 5.93. The standard InChI is InChI=1S/C15H12FNO3/c16-14-9-13(5-4-11(14)3-1-2-7-18)17-15(19)12-6-8-20-10-12/h4-6,8-10,18H,2,7H2,(H,17,19). The molecule has 4 nitrogen and oxygen atoms in total. The maximum Gasteiger partial charge on any atom is 0.258 e. The summed E-state index contributed by atoms with van der Waals surface area (Å²) in [5, 5.41) is 11.1. The predicted octanol–water partition coefficient (Wildman–Crippen LogP) is 2.40. The Morgan fingerprint density at radius 3 is 2.90 bits per heavy atom. The van der Waals surface area contributed by atoms with Gasteiger partial charge in [0, 0.05) is 12.1 Å². The molecule has 0 aliphatic heterocycles. The van der Waals surface area contributed by atoms with Crippen LogP contribution in [-0.2, 0) is 0 Å². The van der Waals surface area contributed by atoms with Crippen LogP contribution in [0.25, 0.3) is 0 Å². The molecule has 0 saturated carbocycles. The van der Waals surface area contributed by atoms with Gasteiger partial charge in [-0.15, -0.1) is 0 Å². The van der Waals surface area contributed by atoms with Crippen LogP contribution in [0, 0.1) is 17.7 Å². The highest BCUT2D eigenvalue weighted by atomic mass is 19.1. The molecular formula is C15H12FNO3. The van der Waals surface area contributed by atoms with Crippen LogP contribution in [0.3, 0.4) is 0 Å². The van der Waals surface area contributed by atoms with Gasteiger partial charge >= 0.3 is 0 Å². The Morgan fingerprint density at radius 2 is 2.25 bits per heavy atom. The van der Waals surface area contributed by atoms with Crippen molar-refractivity contribution in [1.82, 2.24) is 0 Å². The van der Waals surface area contributed by atoms with Crippen molar-refractivity contribution in [3.05, 3.63) is 53.7 Å². The number of hydrogen-bond donors (Lipinski definition) is 2. The van der Waals surface area contributed by atoms with Gasteiger partial charge in [-0.1, -0.05) is 11.8 Å². The van der Waals surface area contributed by atoms with Gasteiger partial charge in [0.2, 0.25) is 0 Å². The highest BCUT2D eigenvalue weighted by Gasteiger charge is 2.08. The molecule has 0 aliphatic carbocycles. The molecule has 2 rings (SSSR count). The molecule has 1 heterocycles. The van der Waals surface area contributed by atoms with E-state index in [0.29, 0.717) is 17.7 Å². The number of amides is 1. The fourth-order valence-corrected chi connectivity index (χ4v) is 1.50. The summed E-state index contributed by atoms with van der Waals surface area (Å²) < 4.78 is 18.5. The number of anilines is 1. The number of aliphatic hydroxyl groups excluding tert-OH is 1. The molecule has 1 amide bonds. The molecule has 0 unspecified atom stereocenters. The van der Waals surface area contributed by atoms with Gasteiger partial charge in [0.15, 0.2) is 0 Å². The van der Waals surface area contributed by atoms with E-state index in [1.165, 1.54) is 30.7 Å². The summed E-state index contributed by atoms with van der Waals surface area (Å²) in [6.45, 7) is -0.0620. The first-order chi connectivity index (χ1) is 9.70. The molecule has 1 aromatic carbocycles. The molecule has 0 radical (unpaired) electrons. The van der Waals surface area contributed by atoms with Gasteiger partial charge < -0.3 is 14.8 Å². The monoisotopic (exact) mass is 273 g/mol. The third-order valence-corrected chi connectivity index (χ3v) is 2.47. The van der Waals surface area contributed by atoms with Gasteiger partial charge in [-0.05, 0) is 24.3 Å². The minimum atomic E-state index is -0.527. The Labute approximate surface area is 115 Å². The second-order valence-corrected chi connectivity index (χ2v) is 3.94. The number of carbonyl (C=O) groups is 1. The van der Waals surface area contributed by atoms with Crippen molar-refractivity contribution < 1.29 is 18.7 Å². The highest BCUT2D eigenvalue weighted by molar-refractivity contribution is 6.03. The molecule has 2 N–H and O–H groups in total. The Bertz CT molecular complexity index is 653. The lowest BCUT2D eigenvalue weighted by atomic mass is 10.2. The summed E-state index contributed by atoms with van der Waals surface area (Å²) >= 11 is 0. The van der Waals surface area contributed by atoms with E-state index >= 15 is 0 Å². The second kappa shape index (κ2) is 6.55. The molecule has 1 aromatic heterocycles. The van der Waals surface area contributed by atoms with Crippen molar-refractivity contribution in [2.75, 3.05) is 11.9 Å². The Balaban J connectivity index is 2.10. The molecular weight excluding hydrogens is 261 g/mol. The third-order valence-electron chi connectivity index (χ3n) is 2.47. The largest absolute Gasteiger partial charge is 0.472 e. The molecule has 20 heavy (non-hydrogen) atoms. The van der Waals surface area contributed by atoms with E-state index in [9.17, 15) is 9.18 Å². The fraction of sp³-hybridized carbons (Fsp3) is 0.133. The number of halogens is 1. The smallest absolute Gasteiger partial charge is 0.258 e. The average molecular weight is 273 g/mol. The van der Waals surface area contributed by atoms with Gasteiger partial charge in [0.05, 0.1) is 24.0 Å². The number of aliphatic hydroxyl groups is 1. The van der Waals surface area contributed by atoms with E-state index in [4.69, 9.17) is 9.52 Å². The van der Waals surface area contributed by atoms with Crippen LogP contribution in [0.1, 0.15) is 22.3 Å². The molecule has 0 atom stereocenters. The molecule has 2 aromatic rings. The summed E-state index contributed by atoms with van der Waals surface area (Å²) in [6, 6.07) is 5.75. The lowest BCUT2D eigenvalue weighted by Crippen LogP contribution is -2.11. The summed E-state index contributed by atoms with van der Waals surface area (Å²) in [4.78, 5) is 11.7. The maximum absolute atomic E-state index is 13.7. The minimum absolute atomic E-state index is 0.0620. The molecule has 0 bridgehead atoms. The topological polar surface area (TPSA) is 62.5 Å². The van der Waals surface area contributed by atoms with E-state index in [0.717, 1.165) is 0 Å². The van der Waals surface area contributed by atoms with E-state index in [1.54, 1.807) is 6.07 Å². The zero-order chi connectivity index (χ0) is 14.4. The third kappa shape index (κ3) is 3.46. The number of rotatable bonds is 3. The Kier molecular flexibility index (Phi) is 4.53. The number of furan rings is 1. The van der Waals surface area contributed by atoms with Crippen LogP contribution in [0.2, 0.25) is 0 Å². The van der Waals surface area contributed by atoms with Crippen LogP contribution < -0.4 is 5.32 Å². The summed E-state index contributed by atoms with van der Waals surface area (Å²) in [7, 11) is 0. The summed E-state index contributed by atoms with van der Waals surface area (Å²) in [5.41, 5.74) is 0.915. The zero-order valence-electron chi connectivity index (χ0n) is 10.5. The number of carbonyl (C=O) groups excluding carboxylic acids is 1. The first kappa shape index (κ1) is 13.8. The highest BCUT2D eigenvalue weighted by Crippen LogP contribution is 2.15. The van der Waals surface area contributed by atoms with Crippen LogP contribution in [0.15, 0.2) is 41.2 Å². The maximum atomic E-state index is 13.7. The lowest BCUT2D eigenvalue weighted by molar-refractivity contribution is 0.102. The minimum Gasteiger partial charge on any atom is -0.472 e. The first-order valence-corrected chi connectivity index (χ1v) is 5.93. The van der Waals surface area contributed by atoms with Gasteiger partial charge in [-0.25, -0.2) is 4.39 Å². The van der Waals surface area contributed by atoms with Crippen molar-refractivity contribution in [2.45, 2.75) is 6.42 Å². The quantitative estimate of drug-likeness (QED) is 0.844. The van der Waals surface area contributed by atoms with Crippen LogP contribution in [0.5, 0.6) is 0 Å². The van der Waals surface area contributed by atoms with Gasteiger partial charge in [0.25, 0.3) is 5.91 Å². The van der Waals surface area contributed by atoms with Crippen LogP contribution >= 0.6 is 0 Å². The molecule has 0 saturated heterocycles. The van der Waals surface area contributed by atoms with E-state index in [-0.39, 0.29) is 18.1 Å². The molecule has 0 aliphatic rings. The number of nitrogens with one attached hydrogen (secondary N) is 1. The average Bonchev–Trinajstić information content (AvgIpc) is 2.95. The molecule has 0 fully saturated rings. The van der Waals surface area contributed by atoms with Crippen LogP contribution in [-0.4, -0.2) is 17.6 Å². The molecule has 5 heteroatoms. The van der Waals surface area contributed by atoms with Crippen LogP contribution in [0.4, 0.5) is 10.1 Å². The molecule has 0 spiro atoms. The summed E-state index contributed by atoms with van der Waals surface area (Å²) in [6.07, 6.45) is 2.98. The second-order valence-electron chi connectivity index (χ2n) is 3.94.